The Balaban J connectivity index is 1.53. The minimum atomic E-state index is 0.589. The first-order valence-electron chi connectivity index (χ1n) is 12.2. The molecule has 29 heavy (non-hydrogen) atoms. The van der Waals surface area contributed by atoms with Crippen molar-refractivity contribution in [3.05, 3.63) is 59.7 Å². The van der Waals surface area contributed by atoms with Crippen molar-refractivity contribution in [2.24, 2.45) is 11.3 Å². The van der Waals surface area contributed by atoms with Crippen molar-refractivity contribution in [2.45, 2.75) is 75.7 Å². The third kappa shape index (κ3) is 2.62. The Morgan fingerprint density at radius 1 is 0.828 bits per heavy atom. The second-order valence-electron chi connectivity index (χ2n) is 10.4. The van der Waals surface area contributed by atoms with Crippen LogP contribution in [0.4, 0.5) is 0 Å². The van der Waals surface area contributed by atoms with Crippen LogP contribution < -0.4 is 0 Å². The summed E-state index contributed by atoms with van der Waals surface area (Å²) in [5, 5.41) is 0. The van der Waals surface area contributed by atoms with E-state index in [1.165, 1.54) is 75.5 Å². The lowest BCUT2D eigenvalue weighted by Crippen LogP contribution is -2.51. The summed E-state index contributed by atoms with van der Waals surface area (Å²) >= 11 is 0. The molecule has 1 saturated heterocycles. The van der Waals surface area contributed by atoms with E-state index >= 15 is 0 Å². The molecule has 0 N–H and O–H groups in total. The number of rotatable bonds is 3. The highest BCUT2D eigenvalue weighted by atomic mass is 15.2. The van der Waals surface area contributed by atoms with Crippen LogP contribution in [0, 0.1) is 11.3 Å². The number of benzene rings is 2. The second kappa shape index (κ2) is 6.98. The summed E-state index contributed by atoms with van der Waals surface area (Å²) in [6.45, 7) is 1.28. The van der Waals surface area contributed by atoms with Crippen LogP contribution in [-0.2, 0) is 0 Å². The molecule has 0 amide bonds. The van der Waals surface area contributed by atoms with Gasteiger partial charge in [0.1, 0.15) is 0 Å². The lowest BCUT2D eigenvalue weighted by atomic mass is 9.51. The summed E-state index contributed by atoms with van der Waals surface area (Å²) in [5.41, 5.74) is 6.99. The highest BCUT2D eigenvalue weighted by molar-refractivity contribution is 5.72. The molecule has 3 aliphatic carbocycles. The van der Waals surface area contributed by atoms with Gasteiger partial charge in [0.2, 0.25) is 0 Å². The average molecular weight is 386 g/mol. The first kappa shape index (κ1) is 18.2. The van der Waals surface area contributed by atoms with Gasteiger partial charge in [0.15, 0.2) is 0 Å². The summed E-state index contributed by atoms with van der Waals surface area (Å²) in [5.74, 6) is 2.46. The smallest absolute Gasteiger partial charge is 0.0235 e. The van der Waals surface area contributed by atoms with Crippen LogP contribution in [0.1, 0.15) is 80.8 Å². The SMILES string of the molecule is CN1CCCC2c3c(-c4ccccc4)cccc3C(C3(C4CCCC4)CCC3)C21. The number of nitrogens with zero attached hydrogens (tertiary/aromatic N) is 1. The standard InChI is InChI=1S/C28H35N/c1-29-19-8-16-24-25-22(20-10-3-2-4-11-20)14-7-15-23(25)26(27(24)29)28(17-9-18-28)21-12-5-6-13-21/h2-4,7,10-11,14-15,21,24,26-27H,5-6,8-9,12-13,16-19H2,1H3. The molecule has 3 fully saturated rings. The van der Waals surface area contributed by atoms with Gasteiger partial charge in [-0.25, -0.2) is 0 Å². The van der Waals surface area contributed by atoms with Gasteiger partial charge in [-0.1, -0.05) is 67.8 Å². The molecule has 0 spiro atoms. The molecule has 1 aliphatic heterocycles. The number of hydrogen-bond donors (Lipinski definition) is 0. The number of hydrogen-bond acceptors (Lipinski definition) is 1. The van der Waals surface area contributed by atoms with E-state index in [1.807, 2.05) is 0 Å². The number of piperidine rings is 1. The lowest BCUT2D eigenvalue weighted by Gasteiger charge is -2.55. The van der Waals surface area contributed by atoms with Crippen LogP contribution >= 0.6 is 0 Å². The molecule has 2 aromatic carbocycles. The van der Waals surface area contributed by atoms with Crippen molar-refractivity contribution in [3.63, 3.8) is 0 Å². The minimum Gasteiger partial charge on any atom is -0.302 e. The van der Waals surface area contributed by atoms with Crippen LogP contribution in [0.3, 0.4) is 0 Å². The minimum absolute atomic E-state index is 0.589. The Labute approximate surface area is 176 Å². The third-order valence-electron chi connectivity index (χ3n) is 9.29. The molecule has 3 unspecified atom stereocenters. The lowest BCUT2D eigenvalue weighted by molar-refractivity contribution is -0.0215. The zero-order valence-electron chi connectivity index (χ0n) is 17.9. The number of likely N-dealkylation sites (tertiary alicyclic amines) is 1. The number of likely N-dealkylation sites (N-methyl/N-ethyl adjacent to an activating group) is 1. The summed E-state index contributed by atoms with van der Waals surface area (Å²) in [4.78, 5) is 2.77. The molecule has 1 heteroatoms. The second-order valence-corrected chi connectivity index (χ2v) is 10.4. The predicted octanol–water partition coefficient (Wildman–Crippen LogP) is 6.99. The van der Waals surface area contributed by atoms with Gasteiger partial charge in [-0.15, -0.1) is 0 Å². The van der Waals surface area contributed by atoms with Crippen LogP contribution in [-0.4, -0.2) is 24.5 Å². The topological polar surface area (TPSA) is 3.24 Å². The van der Waals surface area contributed by atoms with Gasteiger partial charge in [-0.05, 0) is 85.7 Å². The third-order valence-corrected chi connectivity index (χ3v) is 9.29. The van der Waals surface area contributed by atoms with Crippen LogP contribution in [0.5, 0.6) is 0 Å². The zero-order valence-corrected chi connectivity index (χ0v) is 17.9. The van der Waals surface area contributed by atoms with Crippen molar-refractivity contribution in [2.75, 3.05) is 13.6 Å². The van der Waals surface area contributed by atoms with E-state index < -0.39 is 0 Å². The highest BCUT2D eigenvalue weighted by Gasteiger charge is 2.58. The molecular weight excluding hydrogens is 350 g/mol. The largest absolute Gasteiger partial charge is 0.302 e. The Morgan fingerprint density at radius 2 is 1.62 bits per heavy atom. The van der Waals surface area contributed by atoms with Crippen molar-refractivity contribution >= 4 is 0 Å². The van der Waals surface area contributed by atoms with Gasteiger partial charge in [0.05, 0.1) is 0 Å². The predicted molar refractivity (Wildman–Crippen MR) is 121 cm³/mol. The molecular formula is C28H35N. The zero-order chi connectivity index (χ0) is 19.4. The molecule has 1 heterocycles. The van der Waals surface area contributed by atoms with Gasteiger partial charge >= 0.3 is 0 Å². The van der Waals surface area contributed by atoms with Crippen molar-refractivity contribution in [3.8, 4) is 11.1 Å². The van der Waals surface area contributed by atoms with Gasteiger partial charge in [-0.2, -0.15) is 0 Å². The molecule has 0 radical (unpaired) electrons. The first-order chi connectivity index (χ1) is 14.3. The van der Waals surface area contributed by atoms with E-state index in [0.717, 1.165) is 23.8 Å². The molecule has 0 bridgehead atoms. The van der Waals surface area contributed by atoms with E-state index in [2.05, 4.69) is 60.5 Å². The van der Waals surface area contributed by atoms with Crippen LogP contribution in [0.15, 0.2) is 48.5 Å². The highest BCUT2D eigenvalue weighted by Crippen LogP contribution is 2.67. The first-order valence-corrected chi connectivity index (χ1v) is 12.2. The monoisotopic (exact) mass is 385 g/mol. The summed E-state index contributed by atoms with van der Waals surface area (Å²) in [6.07, 6.45) is 13.1. The molecule has 0 aromatic heterocycles. The van der Waals surface area contributed by atoms with Crippen LogP contribution in [0.2, 0.25) is 0 Å². The molecule has 2 saturated carbocycles. The maximum atomic E-state index is 2.77. The molecule has 1 nitrogen and oxygen atoms in total. The van der Waals surface area contributed by atoms with E-state index in [4.69, 9.17) is 0 Å². The molecule has 6 rings (SSSR count). The molecule has 152 valence electrons. The van der Waals surface area contributed by atoms with Gasteiger partial charge in [-0.3, -0.25) is 0 Å². The maximum Gasteiger partial charge on any atom is 0.0235 e. The van der Waals surface area contributed by atoms with E-state index in [0.29, 0.717) is 5.41 Å². The fraction of sp³-hybridized carbons (Fsp3) is 0.571. The van der Waals surface area contributed by atoms with Gasteiger partial charge in [0.25, 0.3) is 0 Å². The quantitative estimate of drug-likeness (QED) is 0.550. The fourth-order valence-electron chi connectivity index (χ4n) is 8.02. The van der Waals surface area contributed by atoms with E-state index in [9.17, 15) is 0 Å². The molecule has 3 atom stereocenters. The maximum absolute atomic E-state index is 2.77. The van der Waals surface area contributed by atoms with Gasteiger partial charge < -0.3 is 4.90 Å². The summed E-state index contributed by atoms with van der Waals surface area (Å²) in [7, 11) is 2.43. The Morgan fingerprint density at radius 3 is 2.34 bits per heavy atom. The Bertz CT molecular complexity index is 874. The van der Waals surface area contributed by atoms with Crippen molar-refractivity contribution in [1.82, 2.24) is 4.90 Å². The molecule has 2 aromatic rings. The Kier molecular flexibility index (Phi) is 4.38. The number of fused-ring (bicyclic) bond motifs is 3. The Hall–Kier alpha value is -1.60. The van der Waals surface area contributed by atoms with Crippen molar-refractivity contribution < 1.29 is 0 Å². The fourth-order valence-corrected chi connectivity index (χ4v) is 8.02. The van der Waals surface area contributed by atoms with E-state index in [-0.39, 0.29) is 0 Å². The van der Waals surface area contributed by atoms with E-state index in [1.54, 1.807) is 11.1 Å². The summed E-state index contributed by atoms with van der Waals surface area (Å²) < 4.78 is 0. The van der Waals surface area contributed by atoms with Gasteiger partial charge in [0, 0.05) is 17.9 Å². The summed E-state index contributed by atoms with van der Waals surface area (Å²) in [6, 6.07) is 19.2. The molecule has 4 aliphatic rings. The van der Waals surface area contributed by atoms with Crippen LogP contribution in [0.25, 0.3) is 11.1 Å². The average Bonchev–Trinajstić information content (AvgIpc) is 3.37. The normalized spacial score (nSPS) is 31.3. The van der Waals surface area contributed by atoms with Crippen molar-refractivity contribution in [1.29, 1.82) is 0 Å².